The predicted octanol–water partition coefficient (Wildman–Crippen LogP) is 2.39. The second kappa shape index (κ2) is 7.37. The molecule has 0 atom stereocenters. The van der Waals surface area contributed by atoms with Gasteiger partial charge in [0, 0.05) is 17.4 Å². The summed E-state index contributed by atoms with van der Waals surface area (Å²) >= 11 is 1.34. The highest BCUT2D eigenvalue weighted by Crippen LogP contribution is 2.31. The standard InChI is InChI=1S/C15H15N3O3S/c16-15(22-9-10-4-2-1-3-5-10)18-17-8-11-6-13(20)14(21)7-12(11)19/h1-8,19-21H,9H2,(H2,16,18). The molecule has 0 fully saturated rings. The second-order valence-corrected chi connectivity index (χ2v) is 5.35. The van der Waals surface area contributed by atoms with Crippen LogP contribution in [0.1, 0.15) is 11.1 Å². The summed E-state index contributed by atoms with van der Waals surface area (Å²) in [5, 5.41) is 36.0. The van der Waals surface area contributed by atoms with Crippen molar-refractivity contribution in [2.24, 2.45) is 15.9 Å². The van der Waals surface area contributed by atoms with Gasteiger partial charge in [0.2, 0.25) is 0 Å². The van der Waals surface area contributed by atoms with E-state index in [0.717, 1.165) is 11.6 Å². The SMILES string of the molecule is NC(=NN=Cc1cc(O)c(O)cc1O)SCc1ccccc1. The van der Waals surface area contributed by atoms with Crippen molar-refractivity contribution >= 4 is 23.1 Å². The molecule has 0 unspecified atom stereocenters. The zero-order valence-electron chi connectivity index (χ0n) is 11.5. The maximum Gasteiger partial charge on any atom is 0.180 e. The van der Waals surface area contributed by atoms with Gasteiger partial charge in [-0.3, -0.25) is 0 Å². The van der Waals surface area contributed by atoms with E-state index in [9.17, 15) is 15.3 Å². The Hall–Kier alpha value is -2.67. The van der Waals surface area contributed by atoms with Crippen LogP contribution in [-0.4, -0.2) is 26.7 Å². The summed E-state index contributed by atoms with van der Waals surface area (Å²) in [5.41, 5.74) is 7.07. The average molecular weight is 317 g/mol. The summed E-state index contributed by atoms with van der Waals surface area (Å²) in [4.78, 5) is 0. The maximum atomic E-state index is 9.59. The molecular weight excluding hydrogens is 302 g/mol. The lowest BCUT2D eigenvalue weighted by atomic mass is 10.2. The third-order valence-electron chi connectivity index (χ3n) is 2.71. The Kier molecular flexibility index (Phi) is 5.26. The molecule has 0 radical (unpaired) electrons. The van der Waals surface area contributed by atoms with Gasteiger partial charge in [-0.05, 0) is 11.6 Å². The highest BCUT2D eigenvalue weighted by Gasteiger charge is 2.05. The summed E-state index contributed by atoms with van der Waals surface area (Å²) < 4.78 is 0. The van der Waals surface area contributed by atoms with E-state index in [1.807, 2.05) is 30.3 Å². The van der Waals surface area contributed by atoms with Crippen molar-refractivity contribution in [2.45, 2.75) is 5.75 Å². The fraction of sp³-hybridized carbons (Fsp3) is 0.0667. The summed E-state index contributed by atoms with van der Waals surface area (Å²) in [6.45, 7) is 0. The number of rotatable bonds is 4. The molecule has 0 saturated carbocycles. The molecule has 6 nitrogen and oxygen atoms in total. The topological polar surface area (TPSA) is 111 Å². The largest absolute Gasteiger partial charge is 0.507 e. The smallest absolute Gasteiger partial charge is 0.180 e. The van der Waals surface area contributed by atoms with E-state index in [1.54, 1.807) is 0 Å². The fourth-order valence-corrected chi connectivity index (χ4v) is 2.21. The molecule has 2 aromatic carbocycles. The first kappa shape index (κ1) is 15.7. The van der Waals surface area contributed by atoms with Crippen LogP contribution in [0.25, 0.3) is 0 Å². The van der Waals surface area contributed by atoms with Gasteiger partial charge in [-0.15, -0.1) is 5.10 Å². The molecule has 0 bridgehead atoms. The molecule has 0 aliphatic heterocycles. The van der Waals surface area contributed by atoms with Gasteiger partial charge in [0.05, 0.1) is 6.21 Å². The minimum Gasteiger partial charge on any atom is -0.507 e. The van der Waals surface area contributed by atoms with E-state index in [-0.39, 0.29) is 22.2 Å². The molecule has 0 amide bonds. The molecule has 2 rings (SSSR count). The minimum absolute atomic E-state index is 0.218. The second-order valence-electron chi connectivity index (χ2n) is 4.36. The molecule has 0 spiro atoms. The number of nitrogens with two attached hydrogens (primary N) is 1. The van der Waals surface area contributed by atoms with E-state index in [1.165, 1.54) is 24.0 Å². The van der Waals surface area contributed by atoms with Crippen molar-refractivity contribution in [1.82, 2.24) is 0 Å². The zero-order valence-corrected chi connectivity index (χ0v) is 12.4. The molecule has 0 aliphatic rings. The number of phenolic OH excluding ortho intramolecular Hbond substituents is 3. The number of thioether (sulfide) groups is 1. The third kappa shape index (κ3) is 4.42. The van der Waals surface area contributed by atoms with Gasteiger partial charge in [0.1, 0.15) is 5.75 Å². The Morgan fingerprint density at radius 1 is 1.05 bits per heavy atom. The Morgan fingerprint density at radius 2 is 1.73 bits per heavy atom. The number of benzene rings is 2. The van der Waals surface area contributed by atoms with Gasteiger partial charge in [-0.2, -0.15) is 5.10 Å². The Bertz CT molecular complexity index is 703. The van der Waals surface area contributed by atoms with E-state index in [4.69, 9.17) is 5.73 Å². The van der Waals surface area contributed by atoms with Gasteiger partial charge in [-0.1, -0.05) is 42.1 Å². The number of nitrogens with zero attached hydrogens (tertiary/aromatic N) is 2. The van der Waals surface area contributed by atoms with Crippen molar-refractivity contribution in [3.05, 3.63) is 53.6 Å². The van der Waals surface area contributed by atoms with Crippen LogP contribution in [-0.2, 0) is 5.75 Å². The molecular formula is C15H15N3O3S. The lowest BCUT2D eigenvalue weighted by Crippen LogP contribution is -2.06. The lowest BCUT2D eigenvalue weighted by molar-refractivity contribution is 0.396. The van der Waals surface area contributed by atoms with E-state index >= 15 is 0 Å². The molecule has 0 aliphatic carbocycles. The van der Waals surface area contributed by atoms with Gasteiger partial charge >= 0.3 is 0 Å². The predicted molar refractivity (Wildman–Crippen MR) is 88.4 cm³/mol. The number of hydrogen-bond donors (Lipinski definition) is 4. The summed E-state index contributed by atoms with van der Waals surface area (Å²) in [6.07, 6.45) is 1.24. The first-order valence-electron chi connectivity index (χ1n) is 6.34. The number of aromatic hydroxyl groups is 3. The summed E-state index contributed by atoms with van der Waals surface area (Å²) in [6, 6.07) is 12.0. The Labute approximate surface area is 131 Å². The zero-order chi connectivity index (χ0) is 15.9. The monoisotopic (exact) mass is 317 g/mol. The van der Waals surface area contributed by atoms with Crippen LogP contribution in [0.2, 0.25) is 0 Å². The molecule has 0 aromatic heterocycles. The quantitative estimate of drug-likeness (QED) is 0.227. The lowest BCUT2D eigenvalue weighted by Gasteiger charge is -2.01. The van der Waals surface area contributed by atoms with Crippen molar-refractivity contribution in [3.8, 4) is 17.2 Å². The Balaban J connectivity index is 1.97. The van der Waals surface area contributed by atoms with Crippen LogP contribution in [0.5, 0.6) is 17.2 Å². The fourth-order valence-electron chi connectivity index (χ4n) is 1.59. The van der Waals surface area contributed by atoms with Crippen LogP contribution in [0.3, 0.4) is 0 Å². The van der Waals surface area contributed by atoms with Gasteiger partial charge in [-0.25, -0.2) is 0 Å². The van der Waals surface area contributed by atoms with E-state index < -0.39 is 5.75 Å². The Morgan fingerprint density at radius 3 is 2.45 bits per heavy atom. The molecule has 2 aromatic rings. The van der Waals surface area contributed by atoms with Crippen LogP contribution in [0.4, 0.5) is 0 Å². The summed E-state index contributed by atoms with van der Waals surface area (Å²) in [5.74, 6) is -0.299. The highest BCUT2D eigenvalue weighted by molar-refractivity contribution is 8.13. The average Bonchev–Trinajstić information content (AvgIpc) is 2.51. The molecule has 5 N–H and O–H groups in total. The van der Waals surface area contributed by atoms with Crippen LogP contribution in [0.15, 0.2) is 52.7 Å². The normalized spacial score (nSPS) is 11.9. The first-order valence-corrected chi connectivity index (χ1v) is 7.33. The van der Waals surface area contributed by atoms with Crippen molar-refractivity contribution in [3.63, 3.8) is 0 Å². The van der Waals surface area contributed by atoms with Crippen LogP contribution in [0, 0.1) is 0 Å². The van der Waals surface area contributed by atoms with Gasteiger partial charge in [0.25, 0.3) is 0 Å². The van der Waals surface area contributed by atoms with Crippen molar-refractivity contribution in [2.75, 3.05) is 0 Å². The molecule has 0 saturated heterocycles. The molecule has 7 heteroatoms. The third-order valence-corrected chi connectivity index (χ3v) is 3.56. The number of phenols is 3. The van der Waals surface area contributed by atoms with E-state index in [2.05, 4.69) is 10.2 Å². The number of hydrogen-bond acceptors (Lipinski definition) is 6. The molecule has 22 heavy (non-hydrogen) atoms. The summed E-state index contributed by atoms with van der Waals surface area (Å²) in [7, 11) is 0. The molecule has 114 valence electrons. The highest BCUT2D eigenvalue weighted by atomic mass is 32.2. The first-order chi connectivity index (χ1) is 10.6. The van der Waals surface area contributed by atoms with Crippen molar-refractivity contribution < 1.29 is 15.3 Å². The van der Waals surface area contributed by atoms with Crippen LogP contribution >= 0.6 is 11.8 Å². The number of amidine groups is 1. The van der Waals surface area contributed by atoms with Crippen LogP contribution < -0.4 is 5.73 Å². The minimum atomic E-state index is -0.406. The molecule has 0 heterocycles. The maximum absolute atomic E-state index is 9.59. The van der Waals surface area contributed by atoms with Gasteiger partial charge < -0.3 is 21.1 Å². The van der Waals surface area contributed by atoms with E-state index in [0.29, 0.717) is 5.75 Å². The van der Waals surface area contributed by atoms with Gasteiger partial charge in [0.15, 0.2) is 16.7 Å². The van der Waals surface area contributed by atoms with Crippen molar-refractivity contribution in [1.29, 1.82) is 0 Å².